The molecule has 0 bridgehead atoms. The summed E-state index contributed by atoms with van der Waals surface area (Å²) in [5.74, 6) is 2.84. The predicted molar refractivity (Wildman–Crippen MR) is 122 cm³/mol. The zero-order chi connectivity index (χ0) is 21.2. The van der Waals surface area contributed by atoms with Crippen molar-refractivity contribution in [1.29, 1.82) is 0 Å². The fraction of sp³-hybridized carbons (Fsp3) is 0.364. The van der Waals surface area contributed by atoms with Crippen LogP contribution in [-0.4, -0.2) is 62.2 Å². The van der Waals surface area contributed by atoms with Crippen molar-refractivity contribution in [2.24, 2.45) is 0 Å². The number of likely N-dealkylation sites (N-methyl/N-ethyl adjacent to an activating group) is 1. The molecule has 4 aromatic rings. The summed E-state index contributed by atoms with van der Waals surface area (Å²) in [4.78, 5) is 21.2. The van der Waals surface area contributed by atoms with Gasteiger partial charge < -0.3 is 20.1 Å². The SMILES string of the molecule is CN(C)CCN(Cc1ccc2[nH]cnc2c1)c1nccc(Nc2cc(C3CC3)[nH]n2)n1. The van der Waals surface area contributed by atoms with E-state index in [1.54, 1.807) is 12.5 Å². The Kier molecular flexibility index (Phi) is 5.25. The van der Waals surface area contributed by atoms with Crippen molar-refractivity contribution in [3.8, 4) is 0 Å². The van der Waals surface area contributed by atoms with Gasteiger partial charge in [-0.15, -0.1) is 0 Å². The van der Waals surface area contributed by atoms with Crippen molar-refractivity contribution in [2.45, 2.75) is 25.3 Å². The molecule has 0 saturated heterocycles. The first kappa shape index (κ1) is 19.5. The number of H-pyrrole nitrogens is 2. The van der Waals surface area contributed by atoms with E-state index in [0.717, 1.165) is 35.8 Å². The Hall–Kier alpha value is -3.46. The molecule has 0 unspecified atom stereocenters. The van der Waals surface area contributed by atoms with E-state index in [2.05, 4.69) is 78.6 Å². The van der Waals surface area contributed by atoms with Crippen molar-refractivity contribution in [2.75, 3.05) is 37.4 Å². The van der Waals surface area contributed by atoms with Gasteiger partial charge in [-0.1, -0.05) is 6.07 Å². The van der Waals surface area contributed by atoms with E-state index in [9.17, 15) is 0 Å². The van der Waals surface area contributed by atoms with Crippen LogP contribution in [0, 0.1) is 0 Å². The average molecular weight is 418 g/mol. The molecule has 5 rings (SSSR count). The van der Waals surface area contributed by atoms with E-state index >= 15 is 0 Å². The maximum Gasteiger partial charge on any atom is 0.227 e. The van der Waals surface area contributed by atoms with Gasteiger partial charge in [0.1, 0.15) is 5.82 Å². The van der Waals surface area contributed by atoms with Gasteiger partial charge in [-0.3, -0.25) is 5.10 Å². The quantitative estimate of drug-likeness (QED) is 0.384. The number of rotatable bonds is 9. The van der Waals surface area contributed by atoms with E-state index in [4.69, 9.17) is 4.98 Å². The molecule has 1 aliphatic carbocycles. The second-order valence-electron chi connectivity index (χ2n) is 8.33. The third-order valence-electron chi connectivity index (χ3n) is 5.47. The lowest BCUT2D eigenvalue weighted by Crippen LogP contribution is -2.32. The fourth-order valence-corrected chi connectivity index (χ4v) is 3.57. The first-order valence-electron chi connectivity index (χ1n) is 10.6. The standard InChI is InChI=1S/C22H27N9/c1-30(2)9-10-31(13-15-3-6-17-19(11-15)25-14-24-17)22-23-8-7-20(27-22)26-21-12-18(28-29-21)16-4-5-16/h3,6-8,11-12,14,16H,4-5,9-10,13H2,1-2H3,(H,24,25)(H2,23,26,27,28,29). The molecule has 0 amide bonds. The van der Waals surface area contributed by atoms with Crippen LogP contribution in [0.25, 0.3) is 11.0 Å². The van der Waals surface area contributed by atoms with E-state index in [1.165, 1.54) is 24.1 Å². The van der Waals surface area contributed by atoms with Crippen LogP contribution in [0.2, 0.25) is 0 Å². The number of nitrogens with zero attached hydrogens (tertiary/aromatic N) is 6. The van der Waals surface area contributed by atoms with Gasteiger partial charge in [-0.2, -0.15) is 10.1 Å². The number of anilines is 3. The lowest BCUT2D eigenvalue weighted by atomic mass is 10.2. The largest absolute Gasteiger partial charge is 0.345 e. The highest BCUT2D eigenvalue weighted by Crippen LogP contribution is 2.39. The molecule has 1 saturated carbocycles. The predicted octanol–water partition coefficient (Wildman–Crippen LogP) is 3.27. The zero-order valence-corrected chi connectivity index (χ0v) is 17.8. The first-order valence-corrected chi connectivity index (χ1v) is 10.6. The minimum absolute atomic E-state index is 0.636. The topological polar surface area (TPSA) is 102 Å². The number of fused-ring (bicyclic) bond motifs is 1. The lowest BCUT2D eigenvalue weighted by Gasteiger charge is -2.24. The molecular weight excluding hydrogens is 390 g/mol. The maximum absolute atomic E-state index is 4.77. The Bertz CT molecular complexity index is 1160. The molecule has 3 aromatic heterocycles. The highest BCUT2D eigenvalue weighted by atomic mass is 15.3. The lowest BCUT2D eigenvalue weighted by molar-refractivity contribution is 0.411. The molecule has 31 heavy (non-hydrogen) atoms. The number of nitrogens with one attached hydrogen (secondary N) is 3. The fourth-order valence-electron chi connectivity index (χ4n) is 3.57. The molecule has 1 fully saturated rings. The molecule has 1 aliphatic rings. The van der Waals surface area contributed by atoms with Crippen molar-refractivity contribution >= 4 is 28.6 Å². The summed E-state index contributed by atoms with van der Waals surface area (Å²) in [6.07, 6.45) is 5.99. The van der Waals surface area contributed by atoms with Crippen molar-refractivity contribution in [3.05, 3.63) is 54.1 Å². The van der Waals surface area contributed by atoms with Crippen LogP contribution >= 0.6 is 0 Å². The minimum Gasteiger partial charge on any atom is -0.345 e. The number of imidazole rings is 1. The number of benzene rings is 1. The summed E-state index contributed by atoms with van der Waals surface area (Å²) in [5.41, 5.74) is 4.36. The van der Waals surface area contributed by atoms with Gasteiger partial charge in [0.2, 0.25) is 5.95 Å². The molecule has 160 valence electrons. The van der Waals surface area contributed by atoms with Crippen molar-refractivity contribution in [1.82, 2.24) is 35.0 Å². The Labute approximate surface area is 180 Å². The Morgan fingerprint density at radius 2 is 1.97 bits per heavy atom. The first-order chi connectivity index (χ1) is 15.1. The van der Waals surface area contributed by atoms with E-state index < -0.39 is 0 Å². The Morgan fingerprint density at radius 1 is 1.06 bits per heavy atom. The maximum atomic E-state index is 4.77. The van der Waals surface area contributed by atoms with Gasteiger partial charge in [0.15, 0.2) is 5.82 Å². The van der Waals surface area contributed by atoms with Gasteiger partial charge in [0, 0.05) is 43.5 Å². The normalized spacial score (nSPS) is 13.8. The second kappa shape index (κ2) is 8.35. The monoisotopic (exact) mass is 417 g/mol. The molecule has 0 aliphatic heterocycles. The number of aromatic nitrogens is 6. The highest BCUT2D eigenvalue weighted by molar-refractivity contribution is 5.75. The third kappa shape index (κ3) is 4.66. The van der Waals surface area contributed by atoms with E-state index in [0.29, 0.717) is 18.4 Å². The third-order valence-corrected chi connectivity index (χ3v) is 5.47. The summed E-state index contributed by atoms with van der Waals surface area (Å²) in [7, 11) is 4.14. The second-order valence-corrected chi connectivity index (χ2v) is 8.33. The molecule has 3 heterocycles. The van der Waals surface area contributed by atoms with Crippen LogP contribution in [-0.2, 0) is 6.54 Å². The summed E-state index contributed by atoms with van der Waals surface area (Å²) < 4.78 is 0. The van der Waals surface area contributed by atoms with Crippen LogP contribution in [0.4, 0.5) is 17.6 Å². The molecule has 3 N–H and O–H groups in total. The van der Waals surface area contributed by atoms with Crippen LogP contribution in [0.1, 0.15) is 30.0 Å². The van der Waals surface area contributed by atoms with Crippen molar-refractivity contribution < 1.29 is 0 Å². The van der Waals surface area contributed by atoms with Crippen molar-refractivity contribution in [3.63, 3.8) is 0 Å². The Balaban J connectivity index is 1.36. The van der Waals surface area contributed by atoms with Crippen LogP contribution in [0.5, 0.6) is 0 Å². The van der Waals surface area contributed by atoms with Gasteiger partial charge in [-0.25, -0.2) is 9.97 Å². The van der Waals surface area contributed by atoms with Gasteiger partial charge in [-0.05, 0) is 50.7 Å². The smallest absolute Gasteiger partial charge is 0.227 e. The van der Waals surface area contributed by atoms with Gasteiger partial charge >= 0.3 is 0 Å². The molecule has 0 spiro atoms. The van der Waals surface area contributed by atoms with E-state index in [-0.39, 0.29) is 0 Å². The highest BCUT2D eigenvalue weighted by Gasteiger charge is 2.25. The van der Waals surface area contributed by atoms with Crippen LogP contribution in [0.15, 0.2) is 42.9 Å². The molecule has 9 nitrogen and oxygen atoms in total. The average Bonchev–Trinajstić information content (AvgIpc) is 3.33. The molecular formula is C22H27N9. The minimum atomic E-state index is 0.636. The molecule has 9 heteroatoms. The number of aromatic amines is 2. The summed E-state index contributed by atoms with van der Waals surface area (Å²) in [6.45, 7) is 2.41. The summed E-state index contributed by atoms with van der Waals surface area (Å²) in [5, 5.41) is 10.8. The number of hydrogen-bond donors (Lipinski definition) is 3. The van der Waals surface area contributed by atoms with E-state index in [1.807, 2.05) is 6.07 Å². The molecule has 0 atom stereocenters. The Morgan fingerprint density at radius 3 is 2.81 bits per heavy atom. The summed E-state index contributed by atoms with van der Waals surface area (Å²) in [6, 6.07) is 10.2. The van der Waals surface area contributed by atoms with Gasteiger partial charge in [0.25, 0.3) is 0 Å². The van der Waals surface area contributed by atoms with Crippen LogP contribution in [0.3, 0.4) is 0 Å². The van der Waals surface area contributed by atoms with Gasteiger partial charge in [0.05, 0.1) is 17.4 Å². The van der Waals surface area contributed by atoms with Crippen LogP contribution < -0.4 is 10.2 Å². The summed E-state index contributed by atoms with van der Waals surface area (Å²) >= 11 is 0. The molecule has 1 aromatic carbocycles. The number of hydrogen-bond acceptors (Lipinski definition) is 7. The zero-order valence-electron chi connectivity index (χ0n) is 17.8. The molecule has 0 radical (unpaired) electrons.